The number of benzene rings is 1. The van der Waals surface area contributed by atoms with E-state index in [4.69, 9.17) is 4.74 Å². The van der Waals surface area contributed by atoms with Crippen LogP contribution < -0.4 is 0 Å². The Hall–Kier alpha value is -1.75. The summed E-state index contributed by atoms with van der Waals surface area (Å²) >= 11 is 0. The van der Waals surface area contributed by atoms with Gasteiger partial charge in [-0.2, -0.15) is 0 Å². The van der Waals surface area contributed by atoms with Gasteiger partial charge in [0, 0.05) is 11.0 Å². The SMILES string of the molecule is COC(=O)c1ccccc1C#CC(C)(C)C. The van der Waals surface area contributed by atoms with Crippen molar-refractivity contribution in [3.8, 4) is 11.8 Å². The Bertz CT molecular complexity index is 442. The van der Waals surface area contributed by atoms with Gasteiger partial charge in [-0.15, -0.1) is 0 Å². The van der Waals surface area contributed by atoms with E-state index in [-0.39, 0.29) is 11.4 Å². The molecule has 0 spiro atoms. The molecule has 2 nitrogen and oxygen atoms in total. The van der Waals surface area contributed by atoms with Crippen molar-refractivity contribution < 1.29 is 9.53 Å². The molecule has 0 radical (unpaired) electrons. The minimum absolute atomic E-state index is 0.0801. The third-order valence-corrected chi connectivity index (χ3v) is 1.90. The molecule has 0 heterocycles. The van der Waals surface area contributed by atoms with Crippen molar-refractivity contribution in [2.24, 2.45) is 5.41 Å². The smallest absolute Gasteiger partial charge is 0.339 e. The highest BCUT2D eigenvalue weighted by atomic mass is 16.5. The van der Waals surface area contributed by atoms with Gasteiger partial charge in [0.2, 0.25) is 0 Å². The van der Waals surface area contributed by atoms with Gasteiger partial charge < -0.3 is 4.74 Å². The molecule has 84 valence electrons. The van der Waals surface area contributed by atoms with E-state index in [1.807, 2.05) is 32.9 Å². The highest BCUT2D eigenvalue weighted by molar-refractivity contribution is 5.92. The molecule has 0 unspecified atom stereocenters. The Morgan fingerprint density at radius 3 is 2.44 bits per heavy atom. The first kappa shape index (κ1) is 12.3. The molecule has 0 N–H and O–H groups in total. The monoisotopic (exact) mass is 216 g/mol. The quantitative estimate of drug-likeness (QED) is 0.533. The van der Waals surface area contributed by atoms with E-state index >= 15 is 0 Å². The van der Waals surface area contributed by atoms with Gasteiger partial charge in [-0.25, -0.2) is 4.79 Å². The molecule has 2 heteroatoms. The Morgan fingerprint density at radius 2 is 1.88 bits per heavy atom. The van der Waals surface area contributed by atoms with E-state index in [1.54, 1.807) is 12.1 Å². The molecule has 0 saturated heterocycles. The van der Waals surface area contributed by atoms with Crippen molar-refractivity contribution in [1.29, 1.82) is 0 Å². The van der Waals surface area contributed by atoms with E-state index in [1.165, 1.54) is 7.11 Å². The number of esters is 1. The molecule has 0 aliphatic carbocycles. The van der Waals surface area contributed by atoms with E-state index < -0.39 is 0 Å². The van der Waals surface area contributed by atoms with Gasteiger partial charge in [0.15, 0.2) is 0 Å². The fourth-order valence-electron chi connectivity index (χ4n) is 1.13. The summed E-state index contributed by atoms with van der Waals surface area (Å²) in [5.74, 6) is 5.77. The molecule has 0 fully saturated rings. The van der Waals surface area contributed by atoms with Crippen LogP contribution in [0.1, 0.15) is 36.7 Å². The Balaban J connectivity index is 3.13. The predicted octanol–water partition coefficient (Wildman–Crippen LogP) is 2.87. The lowest BCUT2D eigenvalue weighted by molar-refractivity contribution is 0.0600. The van der Waals surface area contributed by atoms with Crippen molar-refractivity contribution in [1.82, 2.24) is 0 Å². The van der Waals surface area contributed by atoms with Gasteiger partial charge in [0.25, 0.3) is 0 Å². The highest BCUT2D eigenvalue weighted by Gasteiger charge is 2.10. The molecule has 0 aromatic heterocycles. The van der Waals surface area contributed by atoms with Crippen LogP contribution in [-0.2, 0) is 4.74 Å². The largest absolute Gasteiger partial charge is 0.465 e. The maximum Gasteiger partial charge on any atom is 0.339 e. The van der Waals surface area contributed by atoms with Crippen molar-refractivity contribution in [2.45, 2.75) is 20.8 Å². The van der Waals surface area contributed by atoms with Crippen LogP contribution >= 0.6 is 0 Å². The van der Waals surface area contributed by atoms with Crippen LogP contribution in [0, 0.1) is 17.3 Å². The Labute approximate surface area is 96.6 Å². The summed E-state index contributed by atoms with van der Waals surface area (Å²) in [5.41, 5.74) is 1.15. The van der Waals surface area contributed by atoms with Crippen LogP contribution in [0.2, 0.25) is 0 Å². The maximum atomic E-state index is 11.5. The average Bonchev–Trinajstić information content (AvgIpc) is 2.25. The van der Waals surface area contributed by atoms with Crippen LogP contribution in [0.5, 0.6) is 0 Å². The summed E-state index contributed by atoms with van der Waals surface area (Å²) in [6, 6.07) is 7.21. The fraction of sp³-hybridized carbons (Fsp3) is 0.357. The third kappa shape index (κ3) is 3.43. The average molecular weight is 216 g/mol. The molecular formula is C14H16O2. The number of carbonyl (C=O) groups is 1. The first-order chi connectivity index (χ1) is 7.44. The molecular weight excluding hydrogens is 200 g/mol. The zero-order valence-electron chi connectivity index (χ0n) is 10.1. The minimum Gasteiger partial charge on any atom is -0.465 e. The van der Waals surface area contributed by atoms with Crippen LogP contribution in [0.4, 0.5) is 0 Å². The lowest BCUT2D eigenvalue weighted by Crippen LogP contribution is -2.04. The molecule has 0 aliphatic heterocycles. The van der Waals surface area contributed by atoms with Gasteiger partial charge in [-0.3, -0.25) is 0 Å². The topological polar surface area (TPSA) is 26.3 Å². The zero-order chi connectivity index (χ0) is 12.2. The lowest BCUT2D eigenvalue weighted by atomic mass is 9.97. The van der Waals surface area contributed by atoms with Gasteiger partial charge >= 0.3 is 5.97 Å². The number of hydrogen-bond donors (Lipinski definition) is 0. The molecule has 1 aromatic rings. The fourth-order valence-corrected chi connectivity index (χ4v) is 1.13. The van der Waals surface area contributed by atoms with Crippen LogP contribution in [0.15, 0.2) is 24.3 Å². The van der Waals surface area contributed by atoms with Crippen molar-refractivity contribution in [3.05, 3.63) is 35.4 Å². The summed E-state index contributed by atoms with van der Waals surface area (Å²) in [5, 5.41) is 0. The maximum absolute atomic E-state index is 11.5. The first-order valence-corrected chi connectivity index (χ1v) is 5.14. The molecule has 0 bridgehead atoms. The zero-order valence-corrected chi connectivity index (χ0v) is 10.1. The first-order valence-electron chi connectivity index (χ1n) is 5.14. The second-order valence-corrected chi connectivity index (χ2v) is 4.54. The highest BCUT2D eigenvalue weighted by Crippen LogP contribution is 2.13. The molecule has 0 saturated carbocycles. The van der Waals surface area contributed by atoms with E-state index in [0.29, 0.717) is 11.1 Å². The molecule has 0 amide bonds. The standard InChI is InChI=1S/C14H16O2/c1-14(2,3)10-9-11-7-5-6-8-12(11)13(15)16-4/h5-8H,1-4H3. The van der Waals surface area contributed by atoms with Crippen LogP contribution in [0.3, 0.4) is 0 Å². The van der Waals surface area contributed by atoms with Gasteiger partial charge in [0.1, 0.15) is 0 Å². The third-order valence-electron chi connectivity index (χ3n) is 1.90. The van der Waals surface area contributed by atoms with Gasteiger partial charge in [0.05, 0.1) is 12.7 Å². The molecule has 1 aromatic carbocycles. The van der Waals surface area contributed by atoms with Crippen molar-refractivity contribution >= 4 is 5.97 Å². The lowest BCUT2D eigenvalue weighted by Gasteiger charge is -2.07. The summed E-state index contributed by atoms with van der Waals surface area (Å²) in [6.07, 6.45) is 0. The number of hydrogen-bond acceptors (Lipinski definition) is 2. The summed E-state index contributed by atoms with van der Waals surface area (Å²) in [4.78, 5) is 11.5. The summed E-state index contributed by atoms with van der Waals surface area (Å²) < 4.78 is 4.70. The Morgan fingerprint density at radius 1 is 1.25 bits per heavy atom. The second-order valence-electron chi connectivity index (χ2n) is 4.54. The van der Waals surface area contributed by atoms with E-state index in [9.17, 15) is 4.79 Å². The predicted molar refractivity (Wildman–Crippen MR) is 64.1 cm³/mol. The van der Waals surface area contributed by atoms with E-state index in [2.05, 4.69) is 11.8 Å². The molecule has 0 atom stereocenters. The molecule has 16 heavy (non-hydrogen) atoms. The number of carbonyl (C=O) groups excluding carboxylic acids is 1. The summed E-state index contributed by atoms with van der Waals surface area (Å²) in [7, 11) is 1.37. The number of ether oxygens (including phenoxy) is 1. The molecule has 0 aliphatic rings. The number of rotatable bonds is 1. The van der Waals surface area contributed by atoms with Gasteiger partial charge in [-0.1, -0.05) is 24.0 Å². The minimum atomic E-state index is -0.348. The second kappa shape index (κ2) is 4.85. The van der Waals surface area contributed by atoms with Gasteiger partial charge in [-0.05, 0) is 32.9 Å². The van der Waals surface area contributed by atoms with Crippen LogP contribution in [0.25, 0.3) is 0 Å². The van der Waals surface area contributed by atoms with E-state index in [0.717, 1.165) is 0 Å². The molecule has 1 rings (SSSR count). The van der Waals surface area contributed by atoms with Crippen LogP contribution in [-0.4, -0.2) is 13.1 Å². The number of methoxy groups -OCH3 is 1. The normalized spacial score (nSPS) is 10.2. The van der Waals surface area contributed by atoms with Crippen molar-refractivity contribution in [3.63, 3.8) is 0 Å². The Kier molecular flexibility index (Phi) is 3.73. The van der Waals surface area contributed by atoms with Crippen molar-refractivity contribution in [2.75, 3.05) is 7.11 Å². The summed E-state index contributed by atoms with van der Waals surface area (Å²) in [6.45, 7) is 6.09.